The molecule has 0 aliphatic carbocycles. The Bertz CT molecular complexity index is 552. The van der Waals surface area contributed by atoms with Crippen molar-refractivity contribution < 1.29 is 22.7 Å². The molecule has 5 nitrogen and oxygen atoms in total. The number of amides is 1. The number of anilines is 1. The highest BCUT2D eigenvalue weighted by Crippen LogP contribution is 2.29. The number of hydrogen-bond acceptors (Lipinski definition) is 3. The number of halogens is 3. The molecule has 8 heteroatoms. The quantitative estimate of drug-likeness (QED) is 0.877. The van der Waals surface area contributed by atoms with E-state index in [1.54, 1.807) is 0 Å². The number of rotatable bonds is 5. The molecule has 1 amide bonds. The topological polar surface area (TPSA) is 71.2 Å². The van der Waals surface area contributed by atoms with Crippen LogP contribution in [0.3, 0.4) is 0 Å². The lowest BCUT2D eigenvalue weighted by Crippen LogP contribution is -2.31. The number of aromatic amines is 1. The van der Waals surface area contributed by atoms with E-state index in [1.807, 2.05) is 18.8 Å². The zero-order valence-corrected chi connectivity index (χ0v) is 11.9. The normalized spacial score (nSPS) is 13.3. The Hall–Kier alpha value is -1.83. The van der Waals surface area contributed by atoms with Gasteiger partial charge in [-0.1, -0.05) is 13.8 Å². The summed E-state index contributed by atoms with van der Waals surface area (Å²) < 4.78 is 42.9. The van der Waals surface area contributed by atoms with Gasteiger partial charge in [-0.2, -0.15) is 13.2 Å². The molecule has 0 fully saturated rings. The Morgan fingerprint density at radius 3 is 2.52 bits per heavy atom. The van der Waals surface area contributed by atoms with Crippen molar-refractivity contribution in [2.75, 3.05) is 11.9 Å². The van der Waals surface area contributed by atoms with E-state index in [9.17, 15) is 22.8 Å². The van der Waals surface area contributed by atoms with Crippen molar-refractivity contribution in [1.82, 2.24) is 4.98 Å². The Kier molecular flexibility index (Phi) is 5.54. The molecule has 1 aromatic rings. The summed E-state index contributed by atoms with van der Waals surface area (Å²) >= 11 is 0. The van der Waals surface area contributed by atoms with E-state index in [2.05, 4.69) is 5.32 Å². The summed E-state index contributed by atoms with van der Waals surface area (Å²) in [7, 11) is 0. The molecule has 1 aromatic heterocycles. The first-order chi connectivity index (χ1) is 9.61. The number of alkyl halides is 3. The number of nitrogens with one attached hydrogen (secondary N) is 2. The molecule has 0 saturated heterocycles. The minimum Gasteiger partial charge on any atom is -0.368 e. The van der Waals surface area contributed by atoms with Gasteiger partial charge in [-0.15, -0.1) is 0 Å². The van der Waals surface area contributed by atoms with Crippen molar-refractivity contribution in [2.45, 2.75) is 33.1 Å². The van der Waals surface area contributed by atoms with Gasteiger partial charge in [-0.3, -0.25) is 9.59 Å². The molecule has 0 bridgehead atoms. The summed E-state index contributed by atoms with van der Waals surface area (Å²) in [6.07, 6.45) is -4.93. The van der Waals surface area contributed by atoms with Crippen LogP contribution in [0.4, 0.5) is 18.9 Å². The van der Waals surface area contributed by atoms with Crippen LogP contribution in [0.15, 0.2) is 17.1 Å². The zero-order chi connectivity index (χ0) is 16.2. The molecule has 0 radical (unpaired) electrons. The molecule has 118 valence electrons. The van der Waals surface area contributed by atoms with E-state index in [1.165, 1.54) is 6.92 Å². The Labute approximate surface area is 119 Å². The number of carbonyl (C=O) groups is 1. The SMILES string of the molecule is CC(C)COC(C)C(=O)Nc1cc(C(F)(F)F)c[nH]c1=O. The van der Waals surface area contributed by atoms with Gasteiger partial charge in [0.15, 0.2) is 0 Å². The third-order valence-electron chi connectivity index (χ3n) is 2.54. The van der Waals surface area contributed by atoms with Crippen molar-refractivity contribution in [1.29, 1.82) is 0 Å². The van der Waals surface area contributed by atoms with Crippen molar-refractivity contribution in [2.24, 2.45) is 5.92 Å². The first-order valence-electron chi connectivity index (χ1n) is 6.33. The van der Waals surface area contributed by atoms with E-state index in [0.717, 1.165) is 0 Å². The van der Waals surface area contributed by atoms with Crippen LogP contribution in [0.5, 0.6) is 0 Å². The smallest absolute Gasteiger partial charge is 0.368 e. The molecule has 0 aliphatic rings. The number of pyridine rings is 1. The summed E-state index contributed by atoms with van der Waals surface area (Å²) in [5, 5.41) is 2.14. The van der Waals surface area contributed by atoms with Crippen molar-refractivity contribution in [3.63, 3.8) is 0 Å². The third kappa shape index (κ3) is 5.22. The molecule has 1 rings (SSSR count). The van der Waals surface area contributed by atoms with Crippen LogP contribution in [-0.4, -0.2) is 23.6 Å². The van der Waals surface area contributed by atoms with Gasteiger partial charge < -0.3 is 15.0 Å². The van der Waals surface area contributed by atoms with Crippen LogP contribution in [0.1, 0.15) is 26.3 Å². The minimum atomic E-state index is -4.61. The average molecular weight is 306 g/mol. The number of carbonyl (C=O) groups excluding carboxylic acids is 1. The maximum absolute atomic E-state index is 12.5. The second-order valence-corrected chi connectivity index (χ2v) is 4.99. The maximum atomic E-state index is 12.5. The van der Waals surface area contributed by atoms with Crippen molar-refractivity contribution in [3.8, 4) is 0 Å². The zero-order valence-electron chi connectivity index (χ0n) is 11.9. The van der Waals surface area contributed by atoms with Crippen LogP contribution in [0, 0.1) is 5.92 Å². The molecule has 1 atom stereocenters. The van der Waals surface area contributed by atoms with Gasteiger partial charge in [0.25, 0.3) is 11.5 Å². The molecular weight excluding hydrogens is 289 g/mol. The molecule has 0 aromatic carbocycles. The summed E-state index contributed by atoms with van der Waals surface area (Å²) in [6.45, 7) is 5.57. The van der Waals surface area contributed by atoms with E-state index in [4.69, 9.17) is 4.74 Å². The first-order valence-corrected chi connectivity index (χ1v) is 6.33. The predicted molar refractivity (Wildman–Crippen MR) is 70.9 cm³/mol. The van der Waals surface area contributed by atoms with Gasteiger partial charge in [0, 0.05) is 12.8 Å². The highest BCUT2D eigenvalue weighted by molar-refractivity contribution is 5.93. The lowest BCUT2D eigenvalue weighted by Gasteiger charge is -2.15. The largest absolute Gasteiger partial charge is 0.417 e. The summed E-state index contributed by atoms with van der Waals surface area (Å²) in [5.41, 5.74) is -2.32. The molecule has 0 aliphatic heterocycles. The first kappa shape index (κ1) is 17.2. The molecule has 0 saturated carbocycles. The highest BCUT2D eigenvalue weighted by atomic mass is 19.4. The molecule has 1 heterocycles. The van der Waals surface area contributed by atoms with E-state index < -0.39 is 35.0 Å². The van der Waals surface area contributed by atoms with Gasteiger partial charge in [0.05, 0.1) is 5.56 Å². The predicted octanol–water partition coefficient (Wildman–Crippen LogP) is 2.39. The van der Waals surface area contributed by atoms with E-state index in [0.29, 0.717) is 18.9 Å². The lowest BCUT2D eigenvalue weighted by molar-refractivity contribution is -0.138. The minimum absolute atomic E-state index is 0.206. The summed E-state index contributed by atoms with van der Waals surface area (Å²) in [5.74, 6) is -0.474. The van der Waals surface area contributed by atoms with Gasteiger partial charge in [0.1, 0.15) is 11.8 Å². The lowest BCUT2D eigenvalue weighted by atomic mass is 10.2. The number of H-pyrrole nitrogens is 1. The number of aromatic nitrogens is 1. The number of hydrogen-bond donors (Lipinski definition) is 2. The average Bonchev–Trinajstić information content (AvgIpc) is 2.36. The Balaban J connectivity index is 2.83. The van der Waals surface area contributed by atoms with Crippen molar-refractivity contribution >= 4 is 11.6 Å². The van der Waals surface area contributed by atoms with Crippen LogP contribution >= 0.6 is 0 Å². The van der Waals surface area contributed by atoms with Gasteiger partial charge in [0.2, 0.25) is 0 Å². The molecule has 0 spiro atoms. The molecule has 2 N–H and O–H groups in total. The molecule has 21 heavy (non-hydrogen) atoms. The number of ether oxygens (including phenoxy) is 1. The van der Waals surface area contributed by atoms with E-state index in [-0.39, 0.29) is 5.92 Å². The highest BCUT2D eigenvalue weighted by Gasteiger charge is 2.31. The van der Waals surface area contributed by atoms with Crippen LogP contribution in [0.2, 0.25) is 0 Å². The fraction of sp³-hybridized carbons (Fsp3) is 0.538. The Morgan fingerprint density at radius 2 is 2.00 bits per heavy atom. The molecule has 1 unspecified atom stereocenters. The Morgan fingerprint density at radius 1 is 1.38 bits per heavy atom. The second-order valence-electron chi connectivity index (χ2n) is 4.99. The monoisotopic (exact) mass is 306 g/mol. The fourth-order valence-corrected chi connectivity index (χ4v) is 1.39. The standard InChI is InChI=1S/C13H17F3N2O3/c1-7(2)6-21-8(3)11(19)18-10-4-9(13(14,15)16)5-17-12(10)20/h4-5,7-8H,6H2,1-3H3,(H,17,20)(H,18,19). The molecular formula is C13H17F3N2O3. The van der Waals surface area contributed by atoms with Crippen LogP contribution in [-0.2, 0) is 15.7 Å². The fourth-order valence-electron chi connectivity index (χ4n) is 1.39. The van der Waals surface area contributed by atoms with Gasteiger partial charge >= 0.3 is 6.18 Å². The van der Waals surface area contributed by atoms with Crippen molar-refractivity contribution in [3.05, 3.63) is 28.2 Å². The summed E-state index contributed by atoms with van der Waals surface area (Å²) in [4.78, 5) is 25.2. The summed E-state index contributed by atoms with van der Waals surface area (Å²) in [6, 6.07) is 0.589. The second kappa shape index (κ2) is 6.75. The van der Waals surface area contributed by atoms with Gasteiger partial charge in [-0.25, -0.2) is 0 Å². The van der Waals surface area contributed by atoms with Crippen LogP contribution in [0.25, 0.3) is 0 Å². The van der Waals surface area contributed by atoms with Gasteiger partial charge in [-0.05, 0) is 18.9 Å². The maximum Gasteiger partial charge on any atom is 0.417 e. The van der Waals surface area contributed by atoms with E-state index >= 15 is 0 Å². The van der Waals surface area contributed by atoms with Crippen LogP contribution < -0.4 is 10.9 Å². The third-order valence-corrected chi connectivity index (χ3v) is 2.54.